The van der Waals surface area contributed by atoms with Gasteiger partial charge in [0.15, 0.2) is 0 Å². The second-order valence-electron chi connectivity index (χ2n) is 2.96. The highest BCUT2D eigenvalue weighted by atomic mass is 16.1. The Morgan fingerprint density at radius 3 is 2.83 bits per heavy atom. The van der Waals surface area contributed by atoms with E-state index in [4.69, 9.17) is 0 Å². The molecule has 1 aromatic heterocycles. The smallest absolute Gasteiger partial charge is 0.306 e. The van der Waals surface area contributed by atoms with Crippen LogP contribution in [0.2, 0.25) is 0 Å². The first kappa shape index (κ1) is 7.16. The van der Waals surface area contributed by atoms with Crippen LogP contribution in [0.5, 0.6) is 0 Å². The molecule has 0 radical (unpaired) electrons. The molecule has 0 aliphatic heterocycles. The summed E-state index contributed by atoms with van der Waals surface area (Å²) in [4.78, 5) is 14.0. The number of aromatic amines is 1. The number of nitrogens with one attached hydrogen (secondary N) is 1. The van der Waals surface area contributed by atoms with Crippen molar-refractivity contribution in [2.24, 2.45) is 7.05 Å². The summed E-state index contributed by atoms with van der Waals surface area (Å²) in [5.41, 5.74) is 2.96. The van der Waals surface area contributed by atoms with Crippen LogP contribution < -0.4 is 5.69 Å². The molecule has 0 unspecified atom stereocenters. The largest absolute Gasteiger partial charge is 0.326 e. The maximum atomic E-state index is 11.2. The standard InChI is InChI=1S/C9H10N2O/c1-6-4-3-5-7-8(6)11(2)9(12)10-7/h3-5H,1-2H3,(H,10,12). The molecule has 0 aliphatic rings. The number of hydrogen-bond donors (Lipinski definition) is 1. The molecule has 1 N–H and O–H groups in total. The molecule has 0 amide bonds. The van der Waals surface area contributed by atoms with Gasteiger partial charge in [0.2, 0.25) is 0 Å². The van der Waals surface area contributed by atoms with Crippen LogP contribution in [-0.2, 0) is 7.05 Å². The van der Waals surface area contributed by atoms with Crippen LogP contribution in [0.1, 0.15) is 5.56 Å². The van der Waals surface area contributed by atoms with Gasteiger partial charge in [0, 0.05) is 7.05 Å². The summed E-state index contributed by atoms with van der Waals surface area (Å²) in [5.74, 6) is 0. The summed E-state index contributed by atoms with van der Waals surface area (Å²) in [7, 11) is 1.77. The highest BCUT2D eigenvalue weighted by Gasteiger charge is 2.03. The SMILES string of the molecule is Cc1cccc2[nH]c(=O)n(C)c12. The molecule has 0 fully saturated rings. The number of para-hydroxylation sites is 1. The summed E-state index contributed by atoms with van der Waals surface area (Å²) in [5, 5.41) is 0. The van der Waals surface area contributed by atoms with Gasteiger partial charge < -0.3 is 4.98 Å². The van der Waals surface area contributed by atoms with E-state index in [-0.39, 0.29) is 5.69 Å². The van der Waals surface area contributed by atoms with Crippen LogP contribution in [0.3, 0.4) is 0 Å². The van der Waals surface area contributed by atoms with Crippen LogP contribution in [0.25, 0.3) is 11.0 Å². The summed E-state index contributed by atoms with van der Waals surface area (Å²) < 4.78 is 1.63. The van der Waals surface area contributed by atoms with Crippen molar-refractivity contribution in [3.63, 3.8) is 0 Å². The third kappa shape index (κ3) is 0.794. The predicted octanol–water partition coefficient (Wildman–Crippen LogP) is 1.18. The molecule has 2 rings (SSSR count). The van der Waals surface area contributed by atoms with Crippen molar-refractivity contribution in [2.75, 3.05) is 0 Å². The van der Waals surface area contributed by atoms with Gasteiger partial charge in [-0.05, 0) is 18.6 Å². The van der Waals surface area contributed by atoms with Gasteiger partial charge in [-0.2, -0.15) is 0 Å². The first-order valence-electron chi connectivity index (χ1n) is 3.84. The Bertz CT molecular complexity index is 479. The second-order valence-corrected chi connectivity index (χ2v) is 2.96. The van der Waals surface area contributed by atoms with E-state index in [0.29, 0.717) is 0 Å². The molecule has 1 heterocycles. The zero-order chi connectivity index (χ0) is 8.72. The highest BCUT2D eigenvalue weighted by molar-refractivity contribution is 5.78. The lowest BCUT2D eigenvalue weighted by Crippen LogP contribution is -2.12. The van der Waals surface area contributed by atoms with Gasteiger partial charge in [-0.1, -0.05) is 12.1 Å². The van der Waals surface area contributed by atoms with Crippen molar-refractivity contribution in [3.05, 3.63) is 34.2 Å². The lowest BCUT2D eigenvalue weighted by Gasteiger charge is -1.96. The molecular formula is C9H10N2O. The minimum atomic E-state index is -0.0562. The van der Waals surface area contributed by atoms with Gasteiger partial charge in [0.25, 0.3) is 0 Å². The Morgan fingerprint density at radius 2 is 2.17 bits per heavy atom. The third-order valence-corrected chi connectivity index (χ3v) is 2.12. The maximum absolute atomic E-state index is 11.2. The molecule has 0 atom stereocenters. The highest BCUT2D eigenvalue weighted by Crippen LogP contribution is 2.12. The lowest BCUT2D eigenvalue weighted by molar-refractivity contribution is 0.889. The molecule has 12 heavy (non-hydrogen) atoms. The van der Waals surface area contributed by atoms with Crippen LogP contribution in [0.4, 0.5) is 0 Å². The fraction of sp³-hybridized carbons (Fsp3) is 0.222. The van der Waals surface area contributed by atoms with Crippen LogP contribution in [-0.4, -0.2) is 9.55 Å². The number of nitrogens with zero attached hydrogens (tertiary/aromatic N) is 1. The van der Waals surface area contributed by atoms with E-state index in [1.807, 2.05) is 25.1 Å². The number of hydrogen-bond acceptors (Lipinski definition) is 1. The monoisotopic (exact) mass is 162 g/mol. The Labute approximate surface area is 69.6 Å². The van der Waals surface area contributed by atoms with E-state index < -0.39 is 0 Å². The van der Waals surface area contributed by atoms with Crippen molar-refractivity contribution in [1.29, 1.82) is 0 Å². The Hall–Kier alpha value is -1.51. The van der Waals surface area contributed by atoms with E-state index >= 15 is 0 Å². The Morgan fingerprint density at radius 1 is 1.42 bits per heavy atom. The van der Waals surface area contributed by atoms with Crippen molar-refractivity contribution in [3.8, 4) is 0 Å². The van der Waals surface area contributed by atoms with Crippen LogP contribution >= 0.6 is 0 Å². The minimum Gasteiger partial charge on any atom is -0.306 e. The number of rotatable bonds is 0. The van der Waals surface area contributed by atoms with Gasteiger partial charge >= 0.3 is 5.69 Å². The zero-order valence-corrected chi connectivity index (χ0v) is 7.09. The van der Waals surface area contributed by atoms with Gasteiger partial charge in [-0.25, -0.2) is 4.79 Å². The Balaban J connectivity index is 3.07. The quantitative estimate of drug-likeness (QED) is 0.620. The fourth-order valence-corrected chi connectivity index (χ4v) is 1.51. The van der Waals surface area contributed by atoms with E-state index in [0.717, 1.165) is 16.6 Å². The summed E-state index contributed by atoms with van der Waals surface area (Å²) in [6.45, 7) is 2.00. The third-order valence-electron chi connectivity index (χ3n) is 2.12. The molecular weight excluding hydrogens is 152 g/mol. The van der Waals surface area contributed by atoms with Crippen molar-refractivity contribution < 1.29 is 0 Å². The van der Waals surface area contributed by atoms with Crippen LogP contribution in [0.15, 0.2) is 23.0 Å². The van der Waals surface area contributed by atoms with Crippen molar-refractivity contribution in [1.82, 2.24) is 9.55 Å². The average Bonchev–Trinajstić information content (AvgIpc) is 2.29. The van der Waals surface area contributed by atoms with E-state index in [1.165, 1.54) is 0 Å². The molecule has 0 bridgehead atoms. The molecule has 0 spiro atoms. The number of fused-ring (bicyclic) bond motifs is 1. The van der Waals surface area contributed by atoms with E-state index in [9.17, 15) is 4.79 Å². The van der Waals surface area contributed by atoms with Gasteiger partial charge in [0.05, 0.1) is 11.0 Å². The van der Waals surface area contributed by atoms with Crippen LogP contribution in [0, 0.1) is 6.92 Å². The molecule has 0 aliphatic carbocycles. The van der Waals surface area contributed by atoms with Crippen molar-refractivity contribution >= 4 is 11.0 Å². The molecule has 3 heteroatoms. The molecule has 3 nitrogen and oxygen atoms in total. The predicted molar refractivity (Wildman–Crippen MR) is 48.3 cm³/mol. The topological polar surface area (TPSA) is 37.8 Å². The minimum absolute atomic E-state index is 0.0562. The van der Waals surface area contributed by atoms with Gasteiger partial charge in [-0.15, -0.1) is 0 Å². The Kier molecular flexibility index (Phi) is 1.33. The number of imidazole rings is 1. The number of aryl methyl sites for hydroxylation is 2. The average molecular weight is 162 g/mol. The first-order valence-corrected chi connectivity index (χ1v) is 3.84. The number of aromatic nitrogens is 2. The molecule has 0 saturated heterocycles. The number of H-pyrrole nitrogens is 1. The van der Waals surface area contributed by atoms with Crippen molar-refractivity contribution in [2.45, 2.75) is 6.92 Å². The molecule has 62 valence electrons. The maximum Gasteiger partial charge on any atom is 0.326 e. The lowest BCUT2D eigenvalue weighted by atomic mass is 10.2. The summed E-state index contributed by atoms with van der Waals surface area (Å²) in [6, 6.07) is 5.84. The van der Waals surface area contributed by atoms with E-state index in [2.05, 4.69) is 4.98 Å². The molecule has 1 aromatic carbocycles. The molecule has 0 saturated carbocycles. The zero-order valence-electron chi connectivity index (χ0n) is 7.09. The summed E-state index contributed by atoms with van der Waals surface area (Å²) >= 11 is 0. The molecule has 2 aromatic rings. The normalized spacial score (nSPS) is 10.8. The first-order chi connectivity index (χ1) is 5.70. The summed E-state index contributed by atoms with van der Waals surface area (Å²) in [6.07, 6.45) is 0. The van der Waals surface area contributed by atoms with Gasteiger partial charge in [0.1, 0.15) is 0 Å². The second kappa shape index (κ2) is 2.24. The fourth-order valence-electron chi connectivity index (χ4n) is 1.51. The van der Waals surface area contributed by atoms with Gasteiger partial charge in [-0.3, -0.25) is 4.57 Å². The van der Waals surface area contributed by atoms with E-state index in [1.54, 1.807) is 11.6 Å². The number of benzene rings is 1.